The van der Waals surface area contributed by atoms with E-state index in [-0.39, 0.29) is 0 Å². The first-order valence-electron chi connectivity index (χ1n) is 17.0. The number of aliphatic imine (C=N–C) groups is 2. The maximum Gasteiger partial charge on any atom is 0.161 e. The van der Waals surface area contributed by atoms with Gasteiger partial charge in [0.15, 0.2) is 5.84 Å². The van der Waals surface area contributed by atoms with Crippen molar-refractivity contribution in [2.75, 3.05) is 0 Å². The Morgan fingerprint density at radius 3 is 2.04 bits per heavy atom. The van der Waals surface area contributed by atoms with Crippen LogP contribution in [0, 0.1) is 0 Å². The average molecular weight is 669 g/mol. The highest BCUT2D eigenvalue weighted by Gasteiger charge is 2.19. The highest BCUT2D eigenvalue weighted by molar-refractivity contribution is 7.26. The number of rotatable bonds is 5. The first-order valence-corrected chi connectivity index (χ1v) is 17.8. The van der Waals surface area contributed by atoms with E-state index in [2.05, 4.69) is 133 Å². The van der Waals surface area contributed by atoms with Gasteiger partial charge in [-0.1, -0.05) is 139 Å². The number of nitrogens with zero attached hydrogens (tertiary/aromatic N) is 2. The molecule has 7 aromatic carbocycles. The minimum atomic E-state index is 0.650. The minimum Gasteiger partial charge on any atom is -0.456 e. The molecule has 0 saturated heterocycles. The molecule has 1 aliphatic heterocycles. The summed E-state index contributed by atoms with van der Waals surface area (Å²) in [6, 6.07) is 57.2. The Labute approximate surface area is 298 Å². The summed E-state index contributed by atoms with van der Waals surface area (Å²) in [7, 11) is 0. The van der Waals surface area contributed by atoms with Gasteiger partial charge in [0.25, 0.3) is 0 Å². The smallest absolute Gasteiger partial charge is 0.161 e. The van der Waals surface area contributed by atoms with Crippen molar-refractivity contribution in [3.63, 3.8) is 0 Å². The van der Waals surface area contributed by atoms with Gasteiger partial charge in [0, 0.05) is 53.7 Å². The largest absolute Gasteiger partial charge is 0.456 e. The molecule has 3 nitrogen and oxygen atoms in total. The molecule has 3 heterocycles. The maximum atomic E-state index is 6.27. The zero-order chi connectivity index (χ0) is 33.7. The van der Waals surface area contributed by atoms with Crippen molar-refractivity contribution in [3.05, 3.63) is 192 Å². The second-order valence-corrected chi connectivity index (χ2v) is 13.7. The summed E-state index contributed by atoms with van der Waals surface area (Å²) in [5.41, 5.74) is 14.5. The Morgan fingerprint density at radius 1 is 0.471 bits per heavy atom. The standard InChI is InChI=1S/C47H28N2OS/c1-3-12-30(13-4-1)32-16-9-17-33(28-32)35-19-10-20-38-45-39(21-11-23-44(45)51-46(35)38)47-48-40(31-14-5-2-6-15-31)26-27-41(49-47)34-24-25-37-36-18-7-8-22-42(36)50-43(37)29-34/h1-26,28-29H. The Hall–Kier alpha value is -6.58. The van der Waals surface area contributed by atoms with Gasteiger partial charge < -0.3 is 4.42 Å². The van der Waals surface area contributed by atoms with Crippen molar-refractivity contribution in [2.24, 2.45) is 9.98 Å². The predicted octanol–water partition coefficient (Wildman–Crippen LogP) is 12.7. The zero-order valence-corrected chi connectivity index (χ0v) is 28.2. The van der Waals surface area contributed by atoms with Crippen LogP contribution in [-0.4, -0.2) is 11.5 Å². The molecule has 1 aliphatic rings. The van der Waals surface area contributed by atoms with Crippen molar-refractivity contribution in [3.8, 4) is 22.3 Å². The fourth-order valence-corrected chi connectivity index (χ4v) is 8.37. The van der Waals surface area contributed by atoms with E-state index in [1.807, 2.05) is 53.8 Å². The third-order valence-electron chi connectivity index (χ3n) is 9.56. The van der Waals surface area contributed by atoms with Gasteiger partial charge in [-0.3, -0.25) is 0 Å². The van der Waals surface area contributed by atoms with E-state index in [1.54, 1.807) is 0 Å². The molecular formula is C47H28N2OS. The number of allylic oxidation sites excluding steroid dienone is 1. The Bertz CT molecular complexity index is 2940. The van der Waals surface area contributed by atoms with Gasteiger partial charge in [0.05, 0.1) is 5.71 Å². The molecular weight excluding hydrogens is 641 g/mol. The lowest BCUT2D eigenvalue weighted by atomic mass is 9.97. The van der Waals surface area contributed by atoms with Gasteiger partial charge in [-0.15, -0.1) is 11.3 Å². The molecule has 238 valence electrons. The molecule has 4 heteroatoms. The average Bonchev–Trinajstić information content (AvgIpc) is 3.68. The third kappa shape index (κ3) is 5.14. The van der Waals surface area contributed by atoms with Crippen molar-refractivity contribution in [1.29, 1.82) is 0 Å². The molecule has 0 saturated carbocycles. The summed E-state index contributed by atoms with van der Waals surface area (Å²) in [6.07, 6.45) is 1.95. The van der Waals surface area contributed by atoms with Crippen LogP contribution in [0.3, 0.4) is 0 Å². The first-order chi connectivity index (χ1) is 25.3. The lowest BCUT2D eigenvalue weighted by Crippen LogP contribution is -2.04. The first kappa shape index (κ1) is 29.3. The number of fused-ring (bicyclic) bond motifs is 6. The van der Waals surface area contributed by atoms with E-state index in [0.29, 0.717) is 11.5 Å². The second kappa shape index (κ2) is 12.1. The summed E-state index contributed by atoms with van der Waals surface area (Å²) in [5, 5.41) is 4.53. The lowest BCUT2D eigenvalue weighted by molar-refractivity contribution is 0.669. The summed E-state index contributed by atoms with van der Waals surface area (Å²) >= 11 is 1.82. The van der Waals surface area contributed by atoms with E-state index >= 15 is 0 Å². The van der Waals surface area contributed by atoms with Crippen LogP contribution in [0.4, 0.5) is 0 Å². The molecule has 9 aromatic rings. The van der Waals surface area contributed by atoms with Crippen LogP contribution in [0.5, 0.6) is 0 Å². The van der Waals surface area contributed by atoms with E-state index in [0.717, 1.165) is 49.7 Å². The highest BCUT2D eigenvalue weighted by atomic mass is 32.1. The molecule has 0 atom stereocenters. The van der Waals surface area contributed by atoms with Crippen LogP contribution in [0.1, 0.15) is 16.7 Å². The number of thiophene rings is 1. The van der Waals surface area contributed by atoms with E-state index in [9.17, 15) is 0 Å². The molecule has 2 aromatic heterocycles. The zero-order valence-electron chi connectivity index (χ0n) is 27.4. The fourth-order valence-electron chi connectivity index (χ4n) is 7.10. The van der Waals surface area contributed by atoms with Crippen LogP contribution in [0.2, 0.25) is 0 Å². The van der Waals surface area contributed by atoms with Crippen LogP contribution in [0.25, 0.3) is 70.1 Å². The van der Waals surface area contributed by atoms with Gasteiger partial charge >= 0.3 is 0 Å². The molecule has 0 aliphatic carbocycles. The molecule has 51 heavy (non-hydrogen) atoms. The minimum absolute atomic E-state index is 0.650. The van der Waals surface area contributed by atoms with Crippen LogP contribution < -0.4 is 0 Å². The monoisotopic (exact) mass is 668 g/mol. The SMILES string of the molecule is C1=CC(c2ccccc2)=NC(c2cccc3sc4c(-c5cccc(-c6ccccc6)c5)cccc4c23)=NC=1c1ccc2c(c1)oc1ccccc12. The number of para-hydroxylation sites is 1. The van der Waals surface area contributed by atoms with Gasteiger partial charge in [-0.05, 0) is 52.6 Å². The highest BCUT2D eigenvalue weighted by Crippen LogP contribution is 2.42. The summed E-state index contributed by atoms with van der Waals surface area (Å²) in [6.45, 7) is 0. The van der Waals surface area contributed by atoms with Gasteiger partial charge in [0.1, 0.15) is 16.9 Å². The normalized spacial score (nSPS) is 13.1. The summed E-state index contributed by atoms with van der Waals surface area (Å²) in [4.78, 5) is 10.5. The van der Waals surface area contributed by atoms with Crippen LogP contribution in [0.15, 0.2) is 190 Å². The quantitative estimate of drug-likeness (QED) is 0.168. The van der Waals surface area contributed by atoms with Crippen molar-refractivity contribution in [2.45, 2.75) is 0 Å². The van der Waals surface area contributed by atoms with E-state index < -0.39 is 0 Å². The molecule has 0 spiro atoms. The molecule has 0 bridgehead atoms. The maximum absolute atomic E-state index is 6.27. The van der Waals surface area contributed by atoms with E-state index in [4.69, 9.17) is 14.4 Å². The van der Waals surface area contributed by atoms with Crippen molar-refractivity contribution in [1.82, 2.24) is 0 Å². The molecule has 0 amide bonds. The molecule has 0 unspecified atom stereocenters. The van der Waals surface area contributed by atoms with Gasteiger partial charge in [-0.2, -0.15) is 0 Å². The number of hydrogen-bond donors (Lipinski definition) is 0. The number of benzene rings is 7. The number of hydrogen-bond acceptors (Lipinski definition) is 4. The topological polar surface area (TPSA) is 37.9 Å². The van der Waals surface area contributed by atoms with Crippen LogP contribution in [-0.2, 0) is 0 Å². The lowest BCUT2D eigenvalue weighted by Gasteiger charge is -2.09. The van der Waals surface area contributed by atoms with Crippen LogP contribution >= 0.6 is 11.3 Å². The Morgan fingerprint density at radius 2 is 1.16 bits per heavy atom. The second-order valence-electron chi connectivity index (χ2n) is 12.7. The Kier molecular flexibility index (Phi) is 6.95. The van der Waals surface area contributed by atoms with Gasteiger partial charge in [-0.25, -0.2) is 9.98 Å². The van der Waals surface area contributed by atoms with E-state index in [1.165, 1.54) is 37.0 Å². The molecule has 10 rings (SSSR count). The number of amidine groups is 1. The molecule has 0 fully saturated rings. The Balaban J connectivity index is 1.16. The number of furan rings is 1. The van der Waals surface area contributed by atoms with Crippen molar-refractivity contribution < 1.29 is 4.42 Å². The molecule has 0 N–H and O–H groups in total. The predicted molar refractivity (Wildman–Crippen MR) is 215 cm³/mol. The molecule has 0 radical (unpaired) electrons. The van der Waals surface area contributed by atoms with Crippen molar-refractivity contribution >= 4 is 70.7 Å². The fraction of sp³-hybridized carbons (Fsp3) is 0. The third-order valence-corrected chi connectivity index (χ3v) is 10.8. The van der Waals surface area contributed by atoms with Gasteiger partial charge in [0.2, 0.25) is 0 Å². The summed E-state index contributed by atoms with van der Waals surface area (Å²) < 4.78 is 8.71. The summed E-state index contributed by atoms with van der Waals surface area (Å²) in [5.74, 6) is 0.650.